The van der Waals surface area contributed by atoms with Crippen LogP contribution < -0.4 is 10.1 Å². The molecule has 2 unspecified atom stereocenters. The van der Waals surface area contributed by atoms with E-state index in [2.05, 4.69) is 5.32 Å². The van der Waals surface area contributed by atoms with Crippen molar-refractivity contribution < 1.29 is 19.4 Å². The third-order valence-corrected chi connectivity index (χ3v) is 3.92. The molecule has 5 heteroatoms. The molecule has 1 aromatic carbocycles. The average Bonchev–Trinajstić information content (AvgIpc) is 2.48. The topological polar surface area (TPSA) is 67.8 Å². The zero-order chi connectivity index (χ0) is 14.6. The van der Waals surface area contributed by atoms with E-state index >= 15 is 0 Å². The minimum atomic E-state index is -0.951. The van der Waals surface area contributed by atoms with Crippen molar-refractivity contribution in [1.29, 1.82) is 0 Å². The van der Waals surface area contributed by atoms with Gasteiger partial charge in [0.05, 0.1) is 13.2 Å². The van der Waals surface area contributed by atoms with Crippen LogP contribution in [-0.4, -0.2) is 36.9 Å². The summed E-state index contributed by atoms with van der Waals surface area (Å²) in [5.41, 5.74) is -0.169. The molecule has 1 aromatic rings. The van der Waals surface area contributed by atoms with Crippen LogP contribution >= 0.6 is 0 Å². The molecule has 0 aliphatic heterocycles. The molecule has 2 atom stereocenters. The van der Waals surface area contributed by atoms with Gasteiger partial charge in [0, 0.05) is 19.2 Å². The van der Waals surface area contributed by atoms with Crippen molar-refractivity contribution >= 4 is 11.7 Å². The average molecular weight is 279 g/mol. The maximum atomic E-state index is 11.7. The van der Waals surface area contributed by atoms with Gasteiger partial charge in [-0.25, -0.2) is 4.79 Å². The lowest BCUT2D eigenvalue weighted by molar-refractivity contribution is -0.145. The first-order valence-corrected chi connectivity index (χ1v) is 6.78. The van der Waals surface area contributed by atoms with E-state index in [9.17, 15) is 9.90 Å². The number of nitrogens with one attached hydrogen (secondary N) is 1. The van der Waals surface area contributed by atoms with Crippen LogP contribution in [0.5, 0.6) is 5.75 Å². The van der Waals surface area contributed by atoms with Crippen LogP contribution in [0, 0.1) is 0 Å². The molecule has 0 aromatic heterocycles. The maximum absolute atomic E-state index is 11.7. The lowest BCUT2D eigenvalue weighted by Crippen LogP contribution is -2.51. The number of hydrogen-bond donors (Lipinski definition) is 2. The highest BCUT2D eigenvalue weighted by Gasteiger charge is 2.43. The van der Waals surface area contributed by atoms with E-state index in [0.29, 0.717) is 12.8 Å². The molecule has 0 amide bonds. The third-order valence-electron chi connectivity index (χ3n) is 3.92. The molecule has 0 spiro atoms. The van der Waals surface area contributed by atoms with Crippen LogP contribution in [0.1, 0.15) is 25.7 Å². The summed E-state index contributed by atoms with van der Waals surface area (Å²) in [4.78, 5) is 11.7. The maximum Gasteiger partial charge on any atom is 0.329 e. The molecule has 0 heterocycles. The zero-order valence-corrected chi connectivity index (χ0v) is 11.9. The summed E-state index contributed by atoms with van der Waals surface area (Å²) in [6, 6.07) is 7.29. The van der Waals surface area contributed by atoms with Crippen molar-refractivity contribution in [2.45, 2.75) is 37.3 Å². The number of methoxy groups -OCH3 is 2. The highest BCUT2D eigenvalue weighted by atomic mass is 16.5. The lowest BCUT2D eigenvalue weighted by Gasteiger charge is -2.38. The molecule has 110 valence electrons. The number of hydrogen-bond acceptors (Lipinski definition) is 4. The Morgan fingerprint density at radius 3 is 2.60 bits per heavy atom. The van der Waals surface area contributed by atoms with E-state index in [-0.39, 0.29) is 6.10 Å². The number of benzene rings is 1. The Balaban J connectivity index is 2.17. The molecular weight excluding hydrogens is 258 g/mol. The van der Waals surface area contributed by atoms with Crippen LogP contribution in [0.2, 0.25) is 0 Å². The number of aliphatic carboxylic acids is 1. The second-order valence-electron chi connectivity index (χ2n) is 5.19. The van der Waals surface area contributed by atoms with E-state index in [4.69, 9.17) is 9.47 Å². The monoisotopic (exact) mass is 279 g/mol. The van der Waals surface area contributed by atoms with E-state index in [1.54, 1.807) is 14.2 Å². The van der Waals surface area contributed by atoms with Gasteiger partial charge in [-0.1, -0.05) is 0 Å². The fourth-order valence-electron chi connectivity index (χ4n) is 2.74. The summed E-state index contributed by atoms with van der Waals surface area (Å²) in [6.45, 7) is 0. The summed E-state index contributed by atoms with van der Waals surface area (Å²) in [7, 11) is 3.24. The Morgan fingerprint density at radius 1 is 1.35 bits per heavy atom. The van der Waals surface area contributed by atoms with Gasteiger partial charge in [-0.15, -0.1) is 0 Å². The van der Waals surface area contributed by atoms with Gasteiger partial charge in [-0.3, -0.25) is 0 Å². The van der Waals surface area contributed by atoms with E-state index in [1.165, 1.54) is 0 Å². The van der Waals surface area contributed by atoms with Gasteiger partial charge in [-0.2, -0.15) is 0 Å². The molecule has 0 saturated heterocycles. The highest BCUT2D eigenvalue weighted by Crippen LogP contribution is 2.33. The van der Waals surface area contributed by atoms with Crippen molar-refractivity contribution in [2.75, 3.05) is 19.5 Å². The molecule has 2 N–H and O–H groups in total. The number of rotatable bonds is 5. The summed E-state index contributed by atoms with van der Waals surface area (Å²) < 4.78 is 10.4. The first-order chi connectivity index (χ1) is 9.59. The van der Waals surface area contributed by atoms with Crippen molar-refractivity contribution in [3.8, 4) is 5.75 Å². The molecular formula is C15H21NO4. The van der Waals surface area contributed by atoms with Gasteiger partial charge in [0.15, 0.2) is 0 Å². The molecule has 2 rings (SSSR count). The van der Waals surface area contributed by atoms with Gasteiger partial charge in [-0.05, 0) is 43.5 Å². The third kappa shape index (κ3) is 3.04. The quantitative estimate of drug-likeness (QED) is 0.867. The fraction of sp³-hybridized carbons (Fsp3) is 0.533. The number of ether oxygens (including phenoxy) is 2. The van der Waals surface area contributed by atoms with Gasteiger partial charge in [0.1, 0.15) is 11.3 Å². The minimum absolute atomic E-state index is 0.00871. The Labute approximate surface area is 118 Å². The molecule has 20 heavy (non-hydrogen) atoms. The fourth-order valence-corrected chi connectivity index (χ4v) is 2.74. The summed E-state index contributed by atoms with van der Waals surface area (Å²) in [5, 5.41) is 12.8. The smallest absolute Gasteiger partial charge is 0.329 e. The molecule has 1 aliphatic rings. The van der Waals surface area contributed by atoms with Crippen molar-refractivity contribution in [3.63, 3.8) is 0 Å². The lowest BCUT2D eigenvalue weighted by atomic mass is 9.80. The number of carboxylic acid groups (broad SMARTS) is 1. The van der Waals surface area contributed by atoms with Crippen LogP contribution in [-0.2, 0) is 9.53 Å². The van der Waals surface area contributed by atoms with Crippen LogP contribution in [0.25, 0.3) is 0 Å². The first kappa shape index (κ1) is 14.7. The molecule has 1 aliphatic carbocycles. The largest absolute Gasteiger partial charge is 0.497 e. The van der Waals surface area contributed by atoms with Crippen molar-refractivity contribution in [2.24, 2.45) is 0 Å². The second kappa shape index (κ2) is 6.13. The number of carbonyl (C=O) groups is 1. The Morgan fingerprint density at radius 2 is 2.05 bits per heavy atom. The van der Waals surface area contributed by atoms with Gasteiger partial charge < -0.3 is 19.9 Å². The molecule has 1 saturated carbocycles. The van der Waals surface area contributed by atoms with Crippen LogP contribution in [0.3, 0.4) is 0 Å². The summed E-state index contributed by atoms with van der Waals surface area (Å²) >= 11 is 0. The van der Waals surface area contributed by atoms with Crippen LogP contribution in [0.15, 0.2) is 24.3 Å². The van der Waals surface area contributed by atoms with Gasteiger partial charge >= 0.3 is 5.97 Å². The second-order valence-corrected chi connectivity index (χ2v) is 5.19. The van der Waals surface area contributed by atoms with Crippen molar-refractivity contribution in [1.82, 2.24) is 0 Å². The van der Waals surface area contributed by atoms with Crippen LogP contribution in [0.4, 0.5) is 5.69 Å². The van der Waals surface area contributed by atoms with E-state index < -0.39 is 11.5 Å². The Kier molecular flexibility index (Phi) is 4.49. The standard InChI is InChI=1S/C15H21NO4/c1-19-12-7-5-11(6-8-12)16-15(14(17)18)9-3-4-13(10-15)20-2/h5-8,13,16H,3-4,9-10H2,1-2H3,(H,17,18). The molecule has 1 fully saturated rings. The predicted molar refractivity (Wildman–Crippen MR) is 76.2 cm³/mol. The number of carboxylic acids is 1. The Bertz CT molecular complexity index is 459. The van der Waals surface area contributed by atoms with Gasteiger partial charge in [0.25, 0.3) is 0 Å². The normalized spacial score (nSPS) is 26.0. The summed E-state index contributed by atoms with van der Waals surface area (Å²) in [5.74, 6) is -0.0756. The minimum Gasteiger partial charge on any atom is -0.497 e. The van der Waals surface area contributed by atoms with E-state index in [0.717, 1.165) is 24.3 Å². The number of anilines is 1. The predicted octanol–water partition coefficient (Wildman–Crippen LogP) is 2.52. The van der Waals surface area contributed by atoms with Gasteiger partial charge in [0.2, 0.25) is 0 Å². The Hall–Kier alpha value is -1.75. The van der Waals surface area contributed by atoms with Crippen molar-refractivity contribution in [3.05, 3.63) is 24.3 Å². The molecule has 0 bridgehead atoms. The highest BCUT2D eigenvalue weighted by molar-refractivity contribution is 5.83. The first-order valence-electron chi connectivity index (χ1n) is 6.78. The summed E-state index contributed by atoms with van der Waals surface area (Å²) in [6.07, 6.45) is 2.83. The molecule has 5 nitrogen and oxygen atoms in total. The SMILES string of the molecule is COc1ccc(NC2(C(=O)O)CCCC(OC)C2)cc1. The van der Waals surface area contributed by atoms with E-state index in [1.807, 2.05) is 24.3 Å². The zero-order valence-electron chi connectivity index (χ0n) is 11.9. The molecule has 0 radical (unpaired) electrons.